The van der Waals surface area contributed by atoms with E-state index in [0.717, 1.165) is 17.1 Å². The van der Waals surface area contributed by atoms with Gasteiger partial charge in [-0.15, -0.1) is 0 Å². The average Bonchev–Trinajstić information content (AvgIpc) is 3.19. The molecular formula is C17H16FN5O. The Labute approximate surface area is 138 Å². The van der Waals surface area contributed by atoms with E-state index in [-0.39, 0.29) is 11.7 Å². The number of amides is 1. The number of aromatic nitrogens is 4. The van der Waals surface area contributed by atoms with Gasteiger partial charge in [0.15, 0.2) is 0 Å². The first-order valence-corrected chi connectivity index (χ1v) is 7.71. The largest absolute Gasteiger partial charge is 0.328 e. The van der Waals surface area contributed by atoms with Gasteiger partial charge in [0.05, 0.1) is 18.4 Å². The van der Waals surface area contributed by atoms with Gasteiger partial charge in [0, 0.05) is 31.9 Å². The van der Waals surface area contributed by atoms with Gasteiger partial charge in [-0.25, -0.2) is 9.37 Å². The zero-order valence-electron chi connectivity index (χ0n) is 13.2. The van der Waals surface area contributed by atoms with Crippen LogP contribution in [0.2, 0.25) is 0 Å². The summed E-state index contributed by atoms with van der Waals surface area (Å²) in [6.07, 6.45) is 3.49. The molecule has 4 rings (SSSR count). The number of halogens is 1. The molecule has 0 bridgehead atoms. The monoisotopic (exact) mass is 325 g/mol. The number of carbonyl (C=O) groups excluding carboxylic acids is 1. The minimum Gasteiger partial charge on any atom is -0.328 e. The Morgan fingerprint density at radius 1 is 1.25 bits per heavy atom. The fourth-order valence-corrected chi connectivity index (χ4v) is 3.00. The van der Waals surface area contributed by atoms with Crippen molar-refractivity contribution in [2.24, 2.45) is 7.05 Å². The van der Waals surface area contributed by atoms with Gasteiger partial charge in [0.25, 0.3) is 5.91 Å². The molecular weight excluding hydrogens is 309 g/mol. The zero-order valence-corrected chi connectivity index (χ0v) is 13.2. The van der Waals surface area contributed by atoms with Crippen molar-refractivity contribution >= 4 is 5.91 Å². The molecule has 3 aromatic rings. The van der Waals surface area contributed by atoms with Crippen molar-refractivity contribution in [1.82, 2.24) is 24.2 Å². The minimum atomic E-state index is -0.272. The van der Waals surface area contributed by atoms with Gasteiger partial charge in [0.2, 0.25) is 0 Å². The lowest BCUT2D eigenvalue weighted by molar-refractivity contribution is 0.0701. The molecule has 1 aliphatic heterocycles. The van der Waals surface area contributed by atoms with Gasteiger partial charge in [-0.3, -0.25) is 9.48 Å². The summed E-state index contributed by atoms with van der Waals surface area (Å²) in [6.45, 7) is 1.62. The van der Waals surface area contributed by atoms with Crippen LogP contribution in [0.5, 0.6) is 0 Å². The summed E-state index contributed by atoms with van der Waals surface area (Å²) in [6, 6.07) is 8.17. The summed E-state index contributed by atoms with van der Waals surface area (Å²) in [5, 5.41) is 4.16. The summed E-state index contributed by atoms with van der Waals surface area (Å²) in [5.74, 6) is 0.424. The van der Waals surface area contributed by atoms with E-state index in [1.165, 1.54) is 12.1 Å². The summed E-state index contributed by atoms with van der Waals surface area (Å²) < 4.78 is 17.1. The standard InChI is InChI=1S/C17H16FN5O/c1-21-6-5-14(20-21)17(24)22-7-8-23-15(10-19-16(23)11-22)12-3-2-4-13(18)9-12/h2-6,9-10H,7-8,11H2,1H3. The van der Waals surface area contributed by atoms with E-state index in [1.807, 2.05) is 10.6 Å². The first-order chi connectivity index (χ1) is 11.6. The van der Waals surface area contributed by atoms with Crippen molar-refractivity contribution in [3.05, 3.63) is 60.1 Å². The van der Waals surface area contributed by atoms with Crippen LogP contribution >= 0.6 is 0 Å². The van der Waals surface area contributed by atoms with E-state index in [4.69, 9.17) is 0 Å². The first kappa shape index (κ1) is 14.6. The summed E-state index contributed by atoms with van der Waals surface area (Å²) in [4.78, 5) is 18.7. The van der Waals surface area contributed by atoms with Crippen molar-refractivity contribution < 1.29 is 9.18 Å². The minimum absolute atomic E-state index is 0.0999. The van der Waals surface area contributed by atoms with Crippen LogP contribution < -0.4 is 0 Å². The highest BCUT2D eigenvalue weighted by Gasteiger charge is 2.25. The quantitative estimate of drug-likeness (QED) is 0.725. The summed E-state index contributed by atoms with van der Waals surface area (Å²) in [7, 11) is 1.78. The van der Waals surface area contributed by atoms with E-state index in [1.54, 1.807) is 41.2 Å². The molecule has 0 aliphatic carbocycles. The summed E-state index contributed by atoms with van der Waals surface area (Å²) >= 11 is 0. The van der Waals surface area contributed by atoms with E-state index in [0.29, 0.717) is 25.3 Å². The molecule has 0 atom stereocenters. The van der Waals surface area contributed by atoms with Crippen molar-refractivity contribution in [3.8, 4) is 11.3 Å². The average molecular weight is 325 g/mol. The Balaban J connectivity index is 1.60. The number of carbonyl (C=O) groups is 1. The van der Waals surface area contributed by atoms with E-state index >= 15 is 0 Å². The maximum atomic E-state index is 13.5. The number of rotatable bonds is 2. The van der Waals surface area contributed by atoms with Crippen LogP contribution in [-0.4, -0.2) is 36.7 Å². The fraction of sp³-hybridized carbons (Fsp3) is 0.235. The van der Waals surface area contributed by atoms with Gasteiger partial charge >= 0.3 is 0 Å². The highest BCUT2D eigenvalue weighted by molar-refractivity contribution is 5.92. The number of benzene rings is 1. The second kappa shape index (κ2) is 5.59. The van der Waals surface area contributed by atoms with E-state index < -0.39 is 0 Å². The Bertz CT molecular complexity index is 913. The van der Waals surface area contributed by atoms with Crippen LogP contribution in [0.4, 0.5) is 4.39 Å². The van der Waals surface area contributed by atoms with Crippen LogP contribution in [0.1, 0.15) is 16.3 Å². The molecule has 2 aromatic heterocycles. The van der Waals surface area contributed by atoms with Gasteiger partial charge < -0.3 is 9.47 Å². The molecule has 6 nitrogen and oxygen atoms in total. The maximum Gasteiger partial charge on any atom is 0.274 e. The molecule has 3 heterocycles. The highest BCUT2D eigenvalue weighted by Crippen LogP contribution is 2.25. The number of nitrogens with zero attached hydrogens (tertiary/aromatic N) is 5. The molecule has 24 heavy (non-hydrogen) atoms. The zero-order chi connectivity index (χ0) is 16.7. The second-order valence-corrected chi connectivity index (χ2v) is 5.82. The van der Waals surface area contributed by atoms with Crippen molar-refractivity contribution in [3.63, 3.8) is 0 Å². The van der Waals surface area contributed by atoms with Gasteiger partial charge in [0.1, 0.15) is 17.3 Å². The molecule has 1 aromatic carbocycles. The number of fused-ring (bicyclic) bond motifs is 1. The molecule has 0 unspecified atom stereocenters. The Kier molecular flexibility index (Phi) is 3.41. The van der Waals surface area contributed by atoms with Gasteiger partial charge in [-0.2, -0.15) is 5.10 Å². The molecule has 0 fully saturated rings. The third kappa shape index (κ3) is 2.47. The Hall–Kier alpha value is -2.96. The molecule has 7 heteroatoms. The first-order valence-electron chi connectivity index (χ1n) is 7.71. The topological polar surface area (TPSA) is 56.0 Å². The van der Waals surface area contributed by atoms with Gasteiger partial charge in [-0.05, 0) is 18.2 Å². The molecule has 0 N–H and O–H groups in total. The molecule has 0 radical (unpaired) electrons. The third-order valence-corrected chi connectivity index (χ3v) is 4.20. The molecule has 0 saturated heterocycles. The van der Waals surface area contributed by atoms with Crippen molar-refractivity contribution in [2.45, 2.75) is 13.1 Å². The predicted octanol–water partition coefficient (Wildman–Crippen LogP) is 2.08. The third-order valence-electron chi connectivity index (χ3n) is 4.20. The van der Waals surface area contributed by atoms with Gasteiger partial charge in [-0.1, -0.05) is 12.1 Å². The molecule has 0 spiro atoms. The van der Waals surface area contributed by atoms with Crippen LogP contribution in [0.15, 0.2) is 42.7 Å². The maximum absolute atomic E-state index is 13.5. The molecule has 1 aliphatic rings. The number of hydrogen-bond acceptors (Lipinski definition) is 3. The second-order valence-electron chi connectivity index (χ2n) is 5.82. The number of aryl methyl sites for hydroxylation is 1. The fourth-order valence-electron chi connectivity index (χ4n) is 3.00. The Morgan fingerprint density at radius 2 is 2.12 bits per heavy atom. The highest BCUT2D eigenvalue weighted by atomic mass is 19.1. The van der Waals surface area contributed by atoms with E-state index in [2.05, 4.69) is 10.1 Å². The normalized spacial score (nSPS) is 13.8. The van der Waals surface area contributed by atoms with Crippen LogP contribution in [0.25, 0.3) is 11.3 Å². The predicted molar refractivity (Wildman–Crippen MR) is 85.6 cm³/mol. The lowest BCUT2D eigenvalue weighted by Crippen LogP contribution is -2.38. The van der Waals surface area contributed by atoms with Crippen LogP contribution in [0, 0.1) is 5.82 Å². The summed E-state index contributed by atoms with van der Waals surface area (Å²) in [5.41, 5.74) is 2.09. The number of imidazole rings is 1. The SMILES string of the molecule is Cn1ccc(C(=O)N2CCn3c(-c4cccc(F)c4)cnc3C2)n1. The lowest BCUT2D eigenvalue weighted by atomic mass is 10.1. The van der Waals surface area contributed by atoms with Crippen LogP contribution in [-0.2, 0) is 20.1 Å². The molecule has 0 saturated carbocycles. The molecule has 1 amide bonds. The van der Waals surface area contributed by atoms with Crippen LogP contribution in [0.3, 0.4) is 0 Å². The number of hydrogen-bond donors (Lipinski definition) is 0. The Morgan fingerprint density at radius 3 is 2.88 bits per heavy atom. The smallest absolute Gasteiger partial charge is 0.274 e. The van der Waals surface area contributed by atoms with Crippen molar-refractivity contribution in [1.29, 1.82) is 0 Å². The lowest BCUT2D eigenvalue weighted by Gasteiger charge is -2.28. The molecule has 122 valence electrons. The van der Waals surface area contributed by atoms with Crippen molar-refractivity contribution in [2.75, 3.05) is 6.54 Å². The van der Waals surface area contributed by atoms with E-state index in [9.17, 15) is 9.18 Å².